The Morgan fingerprint density at radius 1 is 1.60 bits per heavy atom. The maximum Gasteiger partial charge on any atom is 0.126 e. The molecule has 0 aliphatic carbocycles. The maximum atomic E-state index is 7.52. The highest BCUT2D eigenvalue weighted by molar-refractivity contribution is 8.06. The topological polar surface area (TPSA) is 6.48 Å². The number of hydrogen-bond donors (Lipinski definition) is 0. The summed E-state index contributed by atoms with van der Waals surface area (Å²) in [6.07, 6.45) is 3.86. The molecule has 0 spiro atoms. The molecule has 0 amide bonds. The zero-order chi connectivity index (χ0) is 7.14. The Bertz CT molecular complexity index is 242. The Labute approximate surface area is 64.5 Å². The summed E-state index contributed by atoms with van der Waals surface area (Å²) in [5, 5.41) is 3.10. The second-order valence-electron chi connectivity index (χ2n) is 2.17. The summed E-state index contributed by atoms with van der Waals surface area (Å²) in [6.45, 7) is 7.52. The van der Waals surface area contributed by atoms with Crippen LogP contribution in [0.3, 0.4) is 0 Å². The molecule has 0 aromatic rings. The molecule has 2 rings (SSSR count). The van der Waals surface area contributed by atoms with Gasteiger partial charge >= 0.3 is 0 Å². The van der Waals surface area contributed by atoms with Crippen molar-refractivity contribution in [2.24, 2.45) is 0 Å². The van der Waals surface area contributed by atoms with Crippen molar-refractivity contribution in [3.8, 4) is 0 Å². The molecule has 0 N–H and O–H groups in total. The van der Waals surface area contributed by atoms with E-state index in [1.807, 2.05) is 29.8 Å². The average Bonchev–Trinajstić information content (AvgIpc) is 2.41. The Morgan fingerprint density at radius 3 is 3.10 bits per heavy atom. The summed E-state index contributed by atoms with van der Waals surface area (Å²) < 4.78 is 0. The first-order chi connectivity index (χ1) is 4.79. The fourth-order valence-electron chi connectivity index (χ4n) is 0.956. The van der Waals surface area contributed by atoms with Gasteiger partial charge in [0.15, 0.2) is 0 Å². The van der Waals surface area contributed by atoms with Crippen molar-refractivity contribution in [1.29, 1.82) is 0 Å². The molecule has 2 nitrogen and oxygen atoms in total. The van der Waals surface area contributed by atoms with Crippen LogP contribution in [0.25, 0.3) is 0 Å². The second-order valence-corrected chi connectivity index (χ2v) is 3.10. The van der Waals surface area contributed by atoms with Gasteiger partial charge < -0.3 is 4.90 Å². The number of hydrogen-bond acceptors (Lipinski definition) is 3. The van der Waals surface area contributed by atoms with Crippen LogP contribution < -0.4 is 0 Å². The van der Waals surface area contributed by atoms with Gasteiger partial charge in [0, 0.05) is 26.0 Å². The van der Waals surface area contributed by atoms with E-state index >= 15 is 0 Å². The lowest BCUT2D eigenvalue weighted by Crippen LogP contribution is -2.13. The third-order valence-corrected chi connectivity index (χ3v) is 2.30. The van der Waals surface area contributed by atoms with Crippen LogP contribution in [0.1, 0.15) is 0 Å². The molecule has 0 aromatic heterocycles. The van der Waals surface area contributed by atoms with Crippen LogP contribution in [0.5, 0.6) is 0 Å². The molecule has 0 aromatic carbocycles. The minimum Gasteiger partial charge on any atom is -0.334 e. The lowest BCUT2D eigenvalue weighted by atomic mass is 10.6. The van der Waals surface area contributed by atoms with Crippen LogP contribution in [0.15, 0.2) is 28.7 Å². The third kappa shape index (κ3) is 0.609. The Morgan fingerprint density at radius 2 is 2.40 bits per heavy atom. The SMILES string of the molecule is [C]=C1N(C)C=C2SC=CN12. The Kier molecular flexibility index (Phi) is 1.08. The Hall–Kier alpha value is -0.830. The largest absolute Gasteiger partial charge is 0.334 e. The van der Waals surface area contributed by atoms with Crippen molar-refractivity contribution in [3.63, 3.8) is 0 Å². The summed E-state index contributed by atoms with van der Waals surface area (Å²) in [6, 6.07) is 0. The number of thioether (sulfide) groups is 1. The van der Waals surface area contributed by atoms with Crippen LogP contribution in [-0.4, -0.2) is 16.8 Å². The number of rotatable bonds is 0. The molecule has 0 saturated heterocycles. The van der Waals surface area contributed by atoms with E-state index in [2.05, 4.69) is 0 Å². The van der Waals surface area contributed by atoms with E-state index in [0.29, 0.717) is 5.82 Å². The molecule has 3 heteroatoms. The van der Waals surface area contributed by atoms with E-state index in [0.717, 1.165) is 5.03 Å². The van der Waals surface area contributed by atoms with Gasteiger partial charge in [-0.05, 0) is 5.41 Å². The quantitative estimate of drug-likeness (QED) is 0.515. The van der Waals surface area contributed by atoms with E-state index in [1.165, 1.54) is 0 Å². The predicted molar refractivity (Wildman–Crippen MR) is 41.2 cm³/mol. The summed E-state index contributed by atoms with van der Waals surface area (Å²) in [7, 11) is 1.88. The highest BCUT2D eigenvalue weighted by Gasteiger charge is 2.24. The lowest BCUT2D eigenvalue weighted by molar-refractivity contribution is 0.474. The maximum absolute atomic E-state index is 7.52. The van der Waals surface area contributed by atoms with Gasteiger partial charge in [-0.25, -0.2) is 0 Å². The molecule has 0 fully saturated rings. The summed E-state index contributed by atoms with van der Waals surface area (Å²) in [5.41, 5.74) is 0. The van der Waals surface area contributed by atoms with Crippen LogP contribution in [0.4, 0.5) is 0 Å². The lowest BCUT2D eigenvalue weighted by Gasteiger charge is -2.14. The fraction of sp³-hybridized carbons (Fsp3) is 0.143. The molecule has 0 unspecified atom stereocenters. The summed E-state index contributed by atoms with van der Waals surface area (Å²) in [5.74, 6) is 0.524. The first-order valence-corrected chi connectivity index (χ1v) is 3.83. The second kappa shape index (κ2) is 1.83. The highest BCUT2D eigenvalue weighted by Crippen LogP contribution is 2.37. The van der Waals surface area contributed by atoms with E-state index < -0.39 is 0 Å². The zero-order valence-corrected chi connectivity index (χ0v) is 6.35. The van der Waals surface area contributed by atoms with Gasteiger partial charge in [-0.15, -0.1) is 0 Å². The fourth-order valence-corrected chi connectivity index (χ4v) is 1.76. The minimum atomic E-state index is 0.524. The van der Waals surface area contributed by atoms with Crippen molar-refractivity contribution < 1.29 is 0 Å². The van der Waals surface area contributed by atoms with E-state index in [-0.39, 0.29) is 0 Å². The molecule has 2 heterocycles. The van der Waals surface area contributed by atoms with Gasteiger partial charge in [0.1, 0.15) is 10.9 Å². The van der Waals surface area contributed by atoms with Crippen molar-refractivity contribution in [3.05, 3.63) is 35.2 Å². The average molecular weight is 150 g/mol. The molecular weight excluding hydrogens is 144 g/mol. The van der Waals surface area contributed by atoms with Crippen molar-refractivity contribution in [1.82, 2.24) is 9.80 Å². The Balaban J connectivity index is 2.35. The molecule has 2 aliphatic rings. The van der Waals surface area contributed by atoms with Crippen LogP contribution in [-0.2, 0) is 0 Å². The van der Waals surface area contributed by atoms with Crippen LogP contribution >= 0.6 is 11.8 Å². The van der Waals surface area contributed by atoms with Gasteiger partial charge in [0.25, 0.3) is 0 Å². The highest BCUT2D eigenvalue weighted by atomic mass is 32.2. The molecule has 50 valence electrons. The molecule has 0 atom stereocenters. The molecular formula is C7H6N2S. The van der Waals surface area contributed by atoms with E-state index in [4.69, 9.17) is 6.58 Å². The third-order valence-electron chi connectivity index (χ3n) is 1.50. The minimum absolute atomic E-state index is 0.524. The number of nitrogens with zero attached hydrogens (tertiary/aromatic N) is 2. The molecule has 0 saturated carbocycles. The smallest absolute Gasteiger partial charge is 0.126 e. The van der Waals surface area contributed by atoms with Gasteiger partial charge in [0.2, 0.25) is 0 Å². The zero-order valence-electron chi connectivity index (χ0n) is 5.53. The van der Waals surface area contributed by atoms with E-state index in [1.54, 1.807) is 16.7 Å². The van der Waals surface area contributed by atoms with Gasteiger partial charge in [0.05, 0.1) is 0 Å². The monoisotopic (exact) mass is 150 g/mol. The van der Waals surface area contributed by atoms with Gasteiger partial charge in [-0.2, -0.15) is 0 Å². The summed E-state index contributed by atoms with van der Waals surface area (Å²) in [4.78, 5) is 3.65. The molecule has 2 radical (unpaired) electrons. The van der Waals surface area contributed by atoms with Crippen LogP contribution in [0.2, 0.25) is 0 Å². The number of fused-ring (bicyclic) bond motifs is 1. The van der Waals surface area contributed by atoms with E-state index in [9.17, 15) is 0 Å². The van der Waals surface area contributed by atoms with Crippen molar-refractivity contribution >= 4 is 11.8 Å². The van der Waals surface area contributed by atoms with Gasteiger partial charge in [-0.3, -0.25) is 4.90 Å². The van der Waals surface area contributed by atoms with Gasteiger partial charge in [-0.1, -0.05) is 11.8 Å². The molecule has 2 aliphatic heterocycles. The van der Waals surface area contributed by atoms with Crippen molar-refractivity contribution in [2.45, 2.75) is 0 Å². The first kappa shape index (κ1) is 5.92. The van der Waals surface area contributed by atoms with Crippen LogP contribution in [0, 0.1) is 6.58 Å². The van der Waals surface area contributed by atoms with Crippen molar-refractivity contribution in [2.75, 3.05) is 7.05 Å². The first-order valence-electron chi connectivity index (χ1n) is 2.95. The normalized spacial score (nSPS) is 22.1. The standard InChI is InChI=1S/C7H6N2S/c1-6-8(2)5-7-9(6)3-4-10-7/h3-5H,2H3. The predicted octanol–water partition coefficient (Wildman–Crippen LogP) is 1.40. The molecule has 10 heavy (non-hydrogen) atoms. The molecule has 0 bridgehead atoms. The summed E-state index contributed by atoms with van der Waals surface area (Å²) >= 11 is 1.64.